The third kappa shape index (κ3) is 4.91. The first-order chi connectivity index (χ1) is 6.61. The summed E-state index contributed by atoms with van der Waals surface area (Å²) in [7, 11) is 0. The van der Waals surface area contributed by atoms with E-state index in [2.05, 4.69) is 5.32 Å². The number of hydrogen-bond acceptors (Lipinski definition) is 4. The number of carboxylic acids is 1. The molecule has 6 heteroatoms. The summed E-state index contributed by atoms with van der Waals surface area (Å²) in [6.07, 6.45) is 2.72. The molecule has 78 valence electrons. The largest absolute Gasteiger partial charge is 0.480 e. The molecule has 0 aromatic heterocycles. The van der Waals surface area contributed by atoms with Gasteiger partial charge >= 0.3 is 5.97 Å². The van der Waals surface area contributed by atoms with E-state index in [0.717, 1.165) is 11.0 Å². The minimum absolute atomic E-state index is 0.267. The van der Waals surface area contributed by atoms with Crippen LogP contribution in [-0.4, -0.2) is 41.4 Å². The molecular weight excluding hydrogens is 188 g/mol. The average molecular weight is 200 g/mol. The van der Waals surface area contributed by atoms with Crippen molar-refractivity contribution in [2.24, 2.45) is 0 Å². The van der Waals surface area contributed by atoms with Crippen molar-refractivity contribution in [2.45, 2.75) is 6.92 Å². The summed E-state index contributed by atoms with van der Waals surface area (Å²) in [6.45, 7) is 1.67. The Kier molecular flexibility index (Phi) is 5.77. The monoisotopic (exact) mass is 200 g/mol. The van der Waals surface area contributed by atoms with E-state index >= 15 is 0 Å². The molecule has 0 radical (unpaired) electrons. The Morgan fingerprint density at radius 1 is 1.50 bits per heavy atom. The Morgan fingerprint density at radius 2 is 2.14 bits per heavy atom. The number of nitrogens with zero attached hydrogens (tertiary/aromatic N) is 1. The molecular formula is C8H12N2O4. The van der Waals surface area contributed by atoms with E-state index in [4.69, 9.17) is 5.11 Å². The number of hydrogen-bond donors (Lipinski definition) is 2. The second kappa shape index (κ2) is 6.64. The number of carbonyl (C=O) groups excluding carboxylic acids is 2. The molecule has 0 unspecified atom stereocenters. The predicted molar refractivity (Wildman–Crippen MR) is 48.2 cm³/mol. The molecule has 0 rings (SSSR count). The zero-order chi connectivity index (χ0) is 11.0. The maximum absolute atomic E-state index is 11.1. The Labute approximate surface area is 81.2 Å². The van der Waals surface area contributed by atoms with E-state index in [1.165, 1.54) is 6.20 Å². The smallest absolute Gasteiger partial charge is 0.322 e. The summed E-state index contributed by atoms with van der Waals surface area (Å²) in [6, 6.07) is 0. The highest BCUT2D eigenvalue weighted by Gasteiger charge is 2.04. The van der Waals surface area contributed by atoms with Crippen molar-refractivity contribution >= 4 is 18.3 Å². The normalized spacial score (nSPS) is 9.79. The van der Waals surface area contributed by atoms with Gasteiger partial charge in [-0.25, -0.2) is 0 Å². The van der Waals surface area contributed by atoms with E-state index in [-0.39, 0.29) is 13.1 Å². The number of aliphatic carboxylic acids is 1. The number of carboxylic acid groups (broad SMARTS) is 1. The average Bonchev–Trinajstić information content (AvgIpc) is 2.14. The van der Waals surface area contributed by atoms with Crippen LogP contribution in [0, 0.1) is 0 Å². The first-order valence-electron chi connectivity index (χ1n) is 3.99. The van der Waals surface area contributed by atoms with Crippen molar-refractivity contribution in [3.8, 4) is 0 Å². The lowest BCUT2D eigenvalue weighted by Gasteiger charge is -2.08. The highest BCUT2D eigenvalue weighted by atomic mass is 16.4. The molecule has 0 bridgehead atoms. The summed E-state index contributed by atoms with van der Waals surface area (Å²) in [4.78, 5) is 32.3. The van der Waals surface area contributed by atoms with Gasteiger partial charge in [-0.05, 0) is 6.92 Å². The van der Waals surface area contributed by atoms with Crippen LogP contribution in [0.25, 0.3) is 0 Å². The lowest BCUT2D eigenvalue weighted by Crippen LogP contribution is -2.28. The van der Waals surface area contributed by atoms with Crippen LogP contribution >= 0.6 is 0 Å². The lowest BCUT2D eigenvalue weighted by molar-refractivity contribution is -0.136. The predicted octanol–water partition coefficient (Wildman–Crippen LogP) is -0.821. The van der Waals surface area contributed by atoms with Gasteiger partial charge in [0.2, 0.25) is 6.41 Å². The van der Waals surface area contributed by atoms with E-state index in [9.17, 15) is 14.4 Å². The number of carbonyl (C=O) groups is 3. The maximum Gasteiger partial charge on any atom is 0.322 e. The molecule has 0 aromatic rings. The van der Waals surface area contributed by atoms with Gasteiger partial charge in [-0.2, -0.15) is 0 Å². The van der Waals surface area contributed by atoms with Crippen molar-refractivity contribution in [3.63, 3.8) is 0 Å². The topological polar surface area (TPSA) is 86.7 Å². The molecule has 0 aliphatic rings. The van der Waals surface area contributed by atoms with Gasteiger partial charge < -0.3 is 10.4 Å². The lowest BCUT2D eigenvalue weighted by atomic mass is 10.5. The van der Waals surface area contributed by atoms with E-state index < -0.39 is 11.9 Å². The molecule has 0 fully saturated rings. The van der Waals surface area contributed by atoms with E-state index in [1.807, 2.05) is 0 Å². The molecule has 0 atom stereocenters. The molecule has 14 heavy (non-hydrogen) atoms. The van der Waals surface area contributed by atoms with Crippen LogP contribution in [-0.2, 0) is 14.4 Å². The Morgan fingerprint density at radius 3 is 2.57 bits per heavy atom. The number of likely N-dealkylation sites (N-methyl/N-ethyl adjacent to an activating group) is 1. The second-order valence-electron chi connectivity index (χ2n) is 2.34. The van der Waals surface area contributed by atoms with E-state index in [0.29, 0.717) is 6.41 Å². The summed E-state index contributed by atoms with van der Waals surface area (Å²) >= 11 is 0. The molecule has 0 aliphatic carbocycles. The fourth-order valence-electron chi connectivity index (χ4n) is 0.655. The first kappa shape index (κ1) is 12.2. The van der Waals surface area contributed by atoms with Crippen LogP contribution < -0.4 is 5.32 Å². The molecule has 0 saturated carbocycles. The summed E-state index contributed by atoms with van der Waals surface area (Å²) in [5, 5.41) is 10.6. The standard InChI is InChI=1S/C8H12N2O4/c1-2-10(6-11)7(12)3-4-9-5-8(13)14/h3-4,6,9H,2,5H2,1H3,(H,13,14)/b4-3-. The maximum atomic E-state index is 11.1. The Balaban J connectivity index is 3.91. The second-order valence-corrected chi connectivity index (χ2v) is 2.34. The van der Waals surface area contributed by atoms with Crippen LogP contribution in [0.15, 0.2) is 12.3 Å². The van der Waals surface area contributed by atoms with Gasteiger partial charge in [0, 0.05) is 18.8 Å². The van der Waals surface area contributed by atoms with E-state index in [1.54, 1.807) is 6.92 Å². The van der Waals surface area contributed by atoms with Crippen molar-refractivity contribution < 1.29 is 19.5 Å². The first-order valence-corrected chi connectivity index (χ1v) is 3.99. The van der Waals surface area contributed by atoms with Gasteiger partial charge in [0.1, 0.15) is 6.54 Å². The zero-order valence-corrected chi connectivity index (χ0v) is 7.77. The fourth-order valence-corrected chi connectivity index (χ4v) is 0.655. The van der Waals surface area contributed by atoms with Crippen LogP contribution in [0.3, 0.4) is 0 Å². The van der Waals surface area contributed by atoms with Gasteiger partial charge in [0.25, 0.3) is 5.91 Å². The highest BCUT2D eigenvalue weighted by molar-refractivity contribution is 5.94. The minimum Gasteiger partial charge on any atom is -0.480 e. The molecule has 0 spiro atoms. The van der Waals surface area contributed by atoms with Crippen LogP contribution in [0.2, 0.25) is 0 Å². The molecule has 0 aromatic carbocycles. The molecule has 0 heterocycles. The number of nitrogens with one attached hydrogen (secondary N) is 1. The SMILES string of the molecule is CCN(C=O)C(=O)/C=C\NCC(=O)O. The molecule has 0 aliphatic heterocycles. The summed E-state index contributed by atoms with van der Waals surface area (Å²) in [5.74, 6) is -1.51. The Hall–Kier alpha value is -1.85. The Bertz CT molecular complexity index is 250. The fraction of sp³-hybridized carbons (Fsp3) is 0.375. The van der Waals surface area contributed by atoms with Crippen molar-refractivity contribution in [1.29, 1.82) is 0 Å². The van der Waals surface area contributed by atoms with Crippen LogP contribution in [0.5, 0.6) is 0 Å². The quantitative estimate of drug-likeness (QED) is 0.432. The summed E-state index contributed by atoms with van der Waals surface area (Å²) in [5.41, 5.74) is 0. The van der Waals surface area contributed by atoms with Crippen LogP contribution in [0.1, 0.15) is 6.92 Å². The highest BCUT2D eigenvalue weighted by Crippen LogP contribution is 1.85. The molecule has 2 N–H and O–H groups in total. The van der Waals surface area contributed by atoms with Gasteiger partial charge in [-0.1, -0.05) is 0 Å². The van der Waals surface area contributed by atoms with Gasteiger partial charge in [0.05, 0.1) is 0 Å². The molecule has 6 nitrogen and oxygen atoms in total. The number of imide groups is 1. The summed E-state index contributed by atoms with van der Waals surface area (Å²) < 4.78 is 0. The van der Waals surface area contributed by atoms with Crippen molar-refractivity contribution in [1.82, 2.24) is 10.2 Å². The number of amides is 2. The minimum atomic E-state index is -1.02. The van der Waals surface area contributed by atoms with Crippen molar-refractivity contribution in [3.05, 3.63) is 12.3 Å². The molecule has 0 saturated heterocycles. The number of rotatable bonds is 6. The van der Waals surface area contributed by atoms with Gasteiger partial charge in [-0.15, -0.1) is 0 Å². The zero-order valence-electron chi connectivity index (χ0n) is 7.77. The third-order valence-corrected chi connectivity index (χ3v) is 1.35. The van der Waals surface area contributed by atoms with Gasteiger partial charge in [0.15, 0.2) is 0 Å². The van der Waals surface area contributed by atoms with Crippen LogP contribution in [0.4, 0.5) is 0 Å². The van der Waals surface area contributed by atoms with Crippen molar-refractivity contribution in [2.75, 3.05) is 13.1 Å². The molecule has 2 amide bonds. The van der Waals surface area contributed by atoms with Gasteiger partial charge in [-0.3, -0.25) is 19.3 Å². The third-order valence-electron chi connectivity index (χ3n) is 1.35.